The Balaban J connectivity index is 0.000000470. The van der Waals surface area contributed by atoms with Gasteiger partial charge in [0.15, 0.2) is 0 Å². The van der Waals surface area contributed by atoms with Crippen LogP contribution in [0.25, 0.3) is 28.2 Å². The van der Waals surface area contributed by atoms with E-state index in [4.69, 9.17) is 9.90 Å². The molecule has 2 aromatic carbocycles. The average Bonchev–Trinajstić information content (AvgIpc) is 3.48. The minimum Gasteiger partial charge on any atom is -0.475 e. The zero-order chi connectivity index (χ0) is 29.0. The summed E-state index contributed by atoms with van der Waals surface area (Å²) < 4.78 is 49.6. The molecule has 0 spiro atoms. The molecule has 2 N–H and O–H groups in total. The molecule has 0 aliphatic rings. The lowest BCUT2D eigenvalue weighted by Gasteiger charge is -2.10. The van der Waals surface area contributed by atoms with E-state index in [9.17, 15) is 17.6 Å². The molecule has 0 saturated carbocycles. The Bertz CT molecular complexity index is 1650. The SMILES string of the molecule is Cc1nc(C)n(-c2ccc(Nc3nccc(-c4cc(F)cc(-c5ccnn5C)c4)n3)cc2)n1.O=C(O)C(F)(F)F. The minimum atomic E-state index is -5.08. The number of nitrogens with one attached hydrogen (secondary N) is 1. The van der Waals surface area contributed by atoms with Gasteiger partial charge in [-0.15, -0.1) is 0 Å². The molecule has 0 bridgehead atoms. The molecule has 14 heteroatoms. The minimum absolute atomic E-state index is 0.342. The number of aromatic nitrogens is 7. The lowest BCUT2D eigenvalue weighted by molar-refractivity contribution is -0.192. The fourth-order valence-corrected chi connectivity index (χ4v) is 3.70. The third-order valence-corrected chi connectivity index (χ3v) is 5.45. The quantitative estimate of drug-likeness (QED) is 0.282. The molecule has 0 aliphatic heterocycles. The number of nitrogens with zero attached hydrogens (tertiary/aromatic N) is 7. The van der Waals surface area contributed by atoms with Gasteiger partial charge in [-0.1, -0.05) is 0 Å². The Kier molecular flexibility index (Phi) is 7.88. The van der Waals surface area contributed by atoms with E-state index in [1.165, 1.54) is 12.1 Å². The van der Waals surface area contributed by atoms with Crippen LogP contribution in [0, 0.1) is 19.7 Å². The fraction of sp³-hybridized carbons (Fsp3) is 0.154. The first-order chi connectivity index (χ1) is 18.9. The van der Waals surface area contributed by atoms with Crippen LogP contribution in [0.15, 0.2) is 67.0 Å². The number of alkyl halides is 3. The second-order valence-corrected chi connectivity index (χ2v) is 8.43. The van der Waals surface area contributed by atoms with Gasteiger partial charge in [-0.2, -0.15) is 23.4 Å². The number of carbonyl (C=O) groups is 1. The van der Waals surface area contributed by atoms with Crippen LogP contribution < -0.4 is 5.32 Å². The molecular weight excluding hydrogens is 532 g/mol. The monoisotopic (exact) mass is 554 g/mol. The van der Waals surface area contributed by atoms with Crippen molar-refractivity contribution in [1.82, 2.24) is 34.5 Å². The highest BCUT2D eigenvalue weighted by Crippen LogP contribution is 2.27. The van der Waals surface area contributed by atoms with Crippen LogP contribution in [-0.2, 0) is 11.8 Å². The van der Waals surface area contributed by atoms with Gasteiger partial charge in [0.1, 0.15) is 17.5 Å². The van der Waals surface area contributed by atoms with Gasteiger partial charge in [0.25, 0.3) is 0 Å². The van der Waals surface area contributed by atoms with Crippen molar-refractivity contribution in [3.8, 4) is 28.2 Å². The number of carboxylic acids is 1. The highest BCUT2D eigenvalue weighted by Gasteiger charge is 2.38. The summed E-state index contributed by atoms with van der Waals surface area (Å²) in [6.45, 7) is 3.78. The molecule has 0 amide bonds. The first kappa shape index (κ1) is 27.9. The van der Waals surface area contributed by atoms with Crippen molar-refractivity contribution in [1.29, 1.82) is 0 Å². The maximum atomic E-state index is 14.4. The molecule has 0 radical (unpaired) electrons. The van der Waals surface area contributed by atoms with Gasteiger partial charge < -0.3 is 10.4 Å². The molecule has 5 aromatic rings. The summed E-state index contributed by atoms with van der Waals surface area (Å²) >= 11 is 0. The van der Waals surface area contributed by atoms with Crippen LogP contribution in [0.1, 0.15) is 11.6 Å². The van der Waals surface area contributed by atoms with E-state index in [0.717, 1.165) is 34.3 Å². The van der Waals surface area contributed by atoms with Gasteiger partial charge in [-0.25, -0.2) is 28.8 Å². The van der Waals surface area contributed by atoms with Crippen LogP contribution in [0.5, 0.6) is 0 Å². The number of halogens is 4. The topological polar surface area (TPSA) is 124 Å². The number of carboxylic acid groups (broad SMARTS) is 1. The predicted octanol–water partition coefficient (Wildman–Crippen LogP) is 5.26. The first-order valence-corrected chi connectivity index (χ1v) is 11.6. The Hall–Kier alpha value is -5.14. The standard InChI is InChI=1S/C24H21FN8.C2HF3O2/c1-15-28-16(2)33(31-15)21-6-4-20(5-7-21)29-24-26-10-8-22(30-24)17-12-18(14-19(25)13-17)23-9-11-27-32(23)3;3-2(4,5)1(6)7/h4-14H,1-3H3,(H,26,29,30);(H,6,7). The molecule has 0 saturated heterocycles. The van der Waals surface area contributed by atoms with Gasteiger partial charge in [-0.05, 0) is 68.4 Å². The molecule has 0 atom stereocenters. The molecule has 10 nitrogen and oxygen atoms in total. The molecule has 0 aliphatic carbocycles. The molecule has 3 heterocycles. The number of hydrogen-bond acceptors (Lipinski definition) is 7. The van der Waals surface area contributed by atoms with Crippen LogP contribution in [-0.4, -0.2) is 51.8 Å². The van der Waals surface area contributed by atoms with Gasteiger partial charge in [0.05, 0.1) is 17.1 Å². The zero-order valence-corrected chi connectivity index (χ0v) is 21.3. The van der Waals surface area contributed by atoms with E-state index in [0.29, 0.717) is 17.2 Å². The van der Waals surface area contributed by atoms with Crippen molar-refractivity contribution in [2.45, 2.75) is 20.0 Å². The first-order valence-electron chi connectivity index (χ1n) is 11.6. The summed E-state index contributed by atoms with van der Waals surface area (Å²) in [6.07, 6.45) is -1.75. The van der Waals surface area contributed by atoms with Gasteiger partial charge >= 0.3 is 12.1 Å². The van der Waals surface area contributed by atoms with E-state index >= 15 is 0 Å². The summed E-state index contributed by atoms with van der Waals surface area (Å²) in [5.74, 6) is -1.13. The Labute approximate surface area is 225 Å². The third-order valence-electron chi connectivity index (χ3n) is 5.45. The van der Waals surface area contributed by atoms with Crippen molar-refractivity contribution >= 4 is 17.6 Å². The van der Waals surface area contributed by atoms with E-state index in [1.54, 1.807) is 27.8 Å². The number of aliphatic carboxylic acids is 1. The average molecular weight is 555 g/mol. The molecule has 0 unspecified atom stereocenters. The van der Waals surface area contributed by atoms with Gasteiger partial charge in [0.2, 0.25) is 5.95 Å². The molecule has 0 fully saturated rings. The molecule has 5 rings (SSSR count). The van der Waals surface area contributed by atoms with Crippen molar-refractivity contribution in [2.24, 2.45) is 7.05 Å². The summed E-state index contributed by atoms with van der Waals surface area (Å²) in [7, 11) is 1.82. The number of benzene rings is 2. The largest absolute Gasteiger partial charge is 0.490 e. The lowest BCUT2D eigenvalue weighted by Crippen LogP contribution is -2.21. The fourth-order valence-electron chi connectivity index (χ4n) is 3.70. The van der Waals surface area contributed by atoms with E-state index in [2.05, 4.69) is 30.5 Å². The maximum absolute atomic E-state index is 14.4. The third kappa shape index (κ3) is 6.64. The molecule has 40 heavy (non-hydrogen) atoms. The maximum Gasteiger partial charge on any atom is 0.490 e. The normalized spacial score (nSPS) is 11.1. The summed E-state index contributed by atoms with van der Waals surface area (Å²) in [6, 6.07) is 16.2. The van der Waals surface area contributed by atoms with Crippen molar-refractivity contribution in [2.75, 3.05) is 5.32 Å². The molecule has 3 aromatic heterocycles. The molecule has 206 valence electrons. The number of anilines is 2. The number of hydrogen-bond donors (Lipinski definition) is 2. The summed E-state index contributed by atoms with van der Waals surface area (Å²) in [5.41, 5.74) is 4.55. The molecular formula is C26H22F4N8O2. The highest BCUT2D eigenvalue weighted by atomic mass is 19.4. The van der Waals surface area contributed by atoms with Crippen LogP contribution >= 0.6 is 0 Å². The van der Waals surface area contributed by atoms with Crippen molar-refractivity contribution < 1.29 is 27.5 Å². The summed E-state index contributed by atoms with van der Waals surface area (Å²) in [4.78, 5) is 22.1. The Morgan fingerprint density at radius 3 is 2.20 bits per heavy atom. The summed E-state index contributed by atoms with van der Waals surface area (Å²) in [5, 5.41) is 18.9. The van der Waals surface area contributed by atoms with Crippen LogP contribution in [0.3, 0.4) is 0 Å². The second kappa shape index (κ2) is 11.3. The van der Waals surface area contributed by atoms with Crippen LogP contribution in [0.4, 0.5) is 29.2 Å². The van der Waals surface area contributed by atoms with Crippen LogP contribution in [0.2, 0.25) is 0 Å². The van der Waals surface area contributed by atoms with Gasteiger partial charge in [0, 0.05) is 36.3 Å². The van der Waals surface area contributed by atoms with E-state index < -0.39 is 12.1 Å². The smallest absolute Gasteiger partial charge is 0.475 e. The highest BCUT2D eigenvalue weighted by molar-refractivity contribution is 5.73. The van der Waals surface area contributed by atoms with E-state index in [-0.39, 0.29) is 5.82 Å². The Morgan fingerprint density at radius 1 is 0.950 bits per heavy atom. The van der Waals surface area contributed by atoms with E-state index in [1.807, 2.05) is 57.3 Å². The number of rotatable bonds is 5. The zero-order valence-electron chi connectivity index (χ0n) is 21.3. The number of aryl methyl sites for hydroxylation is 3. The van der Waals surface area contributed by atoms with Crippen molar-refractivity contribution in [3.63, 3.8) is 0 Å². The lowest BCUT2D eigenvalue weighted by atomic mass is 10.1. The predicted molar refractivity (Wildman–Crippen MR) is 137 cm³/mol. The van der Waals surface area contributed by atoms with Gasteiger partial charge in [-0.3, -0.25) is 4.68 Å². The van der Waals surface area contributed by atoms with Crippen molar-refractivity contribution in [3.05, 3.63) is 84.5 Å². The Morgan fingerprint density at radius 2 is 1.62 bits per heavy atom. The second-order valence-electron chi connectivity index (χ2n) is 8.43.